The van der Waals surface area contributed by atoms with E-state index in [1.165, 1.54) is 19.3 Å². The van der Waals surface area contributed by atoms with Gasteiger partial charge in [0.05, 0.1) is 6.54 Å². The average molecular weight is 184 g/mol. The fourth-order valence-electron chi connectivity index (χ4n) is 1.83. The fraction of sp³-hybridized carbons (Fsp3) is 0.900. The molecule has 76 valence electrons. The smallest absolute Gasteiger partial charge is 0.236 e. The largest absolute Gasteiger partial charge is 0.348 e. The molecule has 0 saturated heterocycles. The molecule has 0 radical (unpaired) electrons. The molecule has 1 aliphatic rings. The van der Waals surface area contributed by atoms with Crippen molar-refractivity contribution in [3.05, 3.63) is 0 Å². The van der Waals surface area contributed by atoms with Crippen LogP contribution < -0.4 is 5.32 Å². The first kappa shape index (κ1) is 10.5. The summed E-state index contributed by atoms with van der Waals surface area (Å²) < 4.78 is 0. The minimum atomic E-state index is 0.166. The van der Waals surface area contributed by atoms with Crippen molar-refractivity contribution in [2.75, 3.05) is 20.6 Å². The second-order valence-electron chi connectivity index (χ2n) is 4.18. The van der Waals surface area contributed by atoms with Crippen LogP contribution in [0, 0.1) is 5.92 Å². The molecule has 0 bridgehead atoms. The van der Waals surface area contributed by atoms with Gasteiger partial charge in [-0.15, -0.1) is 0 Å². The van der Waals surface area contributed by atoms with Gasteiger partial charge in [-0.2, -0.15) is 0 Å². The van der Waals surface area contributed by atoms with Crippen molar-refractivity contribution >= 4 is 5.91 Å². The number of nitrogens with zero attached hydrogens (tertiary/aromatic N) is 1. The maximum absolute atomic E-state index is 11.3. The summed E-state index contributed by atoms with van der Waals surface area (Å²) in [5.74, 6) is 0.897. The van der Waals surface area contributed by atoms with Crippen LogP contribution >= 0.6 is 0 Å². The summed E-state index contributed by atoms with van der Waals surface area (Å²) in [6, 6.07) is 0.559. The summed E-state index contributed by atoms with van der Waals surface area (Å²) in [6.45, 7) is 2.74. The van der Waals surface area contributed by atoms with E-state index >= 15 is 0 Å². The lowest BCUT2D eigenvalue weighted by Crippen LogP contribution is -2.39. The van der Waals surface area contributed by atoms with Crippen molar-refractivity contribution in [2.45, 2.75) is 32.2 Å². The SMILES string of the molecule is C[C@H]1CCC[C@H]1NCC(=O)N(C)C. The van der Waals surface area contributed by atoms with E-state index in [0.717, 1.165) is 5.92 Å². The highest BCUT2D eigenvalue weighted by Crippen LogP contribution is 2.24. The molecular weight excluding hydrogens is 164 g/mol. The van der Waals surface area contributed by atoms with Gasteiger partial charge in [0.2, 0.25) is 5.91 Å². The second kappa shape index (κ2) is 4.61. The van der Waals surface area contributed by atoms with Gasteiger partial charge in [0.25, 0.3) is 0 Å². The first-order valence-corrected chi connectivity index (χ1v) is 5.05. The van der Waals surface area contributed by atoms with Crippen molar-refractivity contribution in [1.29, 1.82) is 0 Å². The highest BCUT2D eigenvalue weighted by molar-refractivity contribution is 5.77. The molecule has 0 aromatic rings. The van der Waals surface area contributed by atoms with Crippen LogP contribution in [0.4, 0.5) is 0 Å². The maximum atomic E-state index is 11.3. The van der Waals surface area contributed by atoms with Crippen molar-refractivity contribution < 1.29 is 4.79 Å². The second-order valence-corrected chi connectivity index (χ2v) is 4.18. The number of nitrogens with one attached hydrogen (secondary N) is 1. The Morgan fingerprint density at radius 2 is 2.15 bits per heavy atom. The third-order valence-corrected chi connectivity index (χ3v) is 2.88. The van der Waals surface area contributed by atoms with Crippen LogP contribution in [0.2, 0.25) is 0 Å². The number of rotatable bonds is 3. The Morgan fingerprint density at radius 1 is 1.46 bits per heavy atom. The van der Waals surface area contributed by atoms with E-state index in [1.54, 1.807) is 19.0 Å². The molecule has 0 aromatic carbocycles. The highest BCUT2D eigenvalue weighted by atomic mass is 16.2. The van der Waals surface area contributed by atoms with Gasteiger partial charge < -0.3 is 10.2 Å². The monoisotopic (exact) mass is 184 g/mol. The molecule has 0 aromatic heterocycles. The van der Waals surface area contributed by atoms with Crippen molar-refractivity contribution in [3.8, 4) is 0 Å². The molecule has 3 nitrogen and oxygen atoms in total. The Bertz CT molecular complexity index is 180. The molecule has 0 spiro atoms. The minimum absolute atomic E-state index is 0.166. The van der Waals surface area contributed by atoms with Crippen molar-refractivity contribution in [3.63, 3.8) is 0 Å². The van der Waals surface area contributed by atoms with E-state index in [4.69, 9.17) is 0 Å². The molecule has 0 heterocycles. The summed E-state index contributed by atoms with van der Waals surface area (Å²) in [4.78, 5) is 12.9. The third-order valence-electron chi connectivity index (χ3n) is 2.88. The highest BCUT2D eigenvalue weighted by Gasteiger charge is 2.23. The summed E-state index contributed by atoms with van der Waals surface area (Å²) in [7, 11) is 3.59. The Hall–Kier alpha value is -0.570. The predicted octanol–water partition coefficient (Wildman–Crippen LogP) is 0.853. The Balaban J connectivity index is 2.22. The van der Waals surface area contributed by atoms with Crippen LogP contribution in [0.3, 0.4) is 0 Å². The number of hydrogen-bond acceptors (Lipinski definition) is 2. The van der Waals surface area contributed by atoms with Crippen LogP contribution in [-0.2, 0) is 4.79 Å². The van der Waals surface area contributed by atoms with Gasteiger partial charge in [0.1, 0.15) is 0 Å². The molecule has 1 fully saturated rings. The first-order chi connectivity index (χ1) is 6.11. The lowest BCUT2D eigenvalue weighted by Gasteiger charge is -2.18. The molecule has 13 heavy (non-hydrogen) atoms. The van der Waals surface area contributed by atoms with Crippen LogP contribution in [-0.4, -0.2) is 37.5 Å². The average Bonchev–Trinajstić information content (AvgIpc) is 2.47. The van der Waals surface area contributed by atoms with Gasteiger partial charge in [-0.25, -0.2) is 0 Å². The zero-order chi connectivity index (χ0) is 9.84. The predicted molar refractivity (Wildman–Crippen MR) is 53.5 cm³/mol. The van der Waals surface area contributed by atoms with Gasteiger partial charge in [0.15, 0.2) is 0 Å². The third kappa shape index (κ3) is 2.99. The molecule has 1 aliphatic carbocycles. The van der Waals surface area contributed by atoms with Gasteiger partial charge in [-0.05, 0) is 18.8 Å². The zero-order valence-corrected chi connectivity index (χ0v) is 8.84. The van der Waals surface area contributed by atoms with Crippen molar-refractivity contribution in [1.82, 2.24) is 10.2 Å². The van der Waals surface area contributed by atoms with Gasteiger partial charge in [-0.3, -0.25) is 4.79 Å². The first-order valence-electron chi connectivity index (χ1n) is 5.05. The summed E-state index contributed by atoms with van der Waals surface area (Å²) >= 11 is 0. The lowest BCUT2D eigenvalue weighted by molar-refractivity contribution is -0.127. The quantitative estimate of drug-likeness (QED) is 0.705. The standard InChI is InChI=1S/C10H20N2O/c1-8-5-4-6-9(8)11-7-10(13)12(2)3/h8-9,11H,4-7H2,1-3H3/t8-,9+/m0/s1. The van der Waals surface area contributed by atoms with Gasteiger partial charge in [0, 0.05) is 20.1 Å². The molecule has 1 N–H and O–H groups in total. The summed E-state index contributed by atoms with van der Waals surface area (Å²) in [5.41, 5.74) is 0. The maximum Gasteiger partial charge on any atom is 0.236 e. The van der Waals surface area contributed by atoms with Crippen molar-refractivity contribution in [2.24, 2.45) is 5.92 Å². The molecular formula is C10H20N2O. The molecule has 0 aliphatic heterocycles. The number of carbonyl (C=O) groups excluding carboxylic acids is 1. The van der Waals surface area contributed by atoms with E-state index in [2.05, 4.69) is 12.2 Å². The number of amides is 1. The van der Waals surface area contributed by atoms with Crippen LogP contribution in [0.15, 0.2) is 0 Å². The zero-order valence-electron chi connectivity index (χ0n) is 8.84. The molecule has 1 saturated carbocycles. The Morgan fingerprint density at radius 3 is 2.62 bits per heavy atom. The van der Waals surface area contributed by atoms with E-state index in [9.17, 15) is 4.79 Å². The van der Waals surface area contributed by atoms with E-state index in [0.29, 0.717) is 12.6 Å². The summed E-state index contributed by atoms with van der Waals surface area (Å²) in [6.07, 6.45) is 3.82. The number of likely N-dealkylation sites (N-methyl/N-ethyl adjacent to an activating group) is 1. The van der Waals surface area contributed by atoms with Gasteiger partial charge >= 0.3 is 0 Å². The topological polar surface area (TPSA) is 32.3 Å². The Kier molecular flexibility index (Phi) is 3.72. The normalized spacial score (nSPS) is 27.6. The van der Waals surface area contributed by atoms with Gasteiger partial charge in [-0.1, -0.05) is 13.3 Å². The Labute approximate surface area is 80.5 Å². The summed E-state index contributed by atoms with van der Waals surface area (Å²) in [5, 5.41) is 3.32. The molecule has 0 unspecified atom stereocenters. The van der Waals surface area contributed by atoms with Crippen LogP contribution in [0.5, 0.6) is 0 Å². The number of carbonyl (C=O) groups is 1. The fourth-order valence-corrected chi connectivity index (χ4v) is 1.83. The number of hydrogen-bond donors (Lipinski definition) is 1. The van der Waals surface area contributed by atoms with E-state index in [1.807, 2.05) is 0 Å². The van der Waals surface area contributed by atoms with Crippen LogP contribution in [0.25, 0.3) is 0 Å². The molecule has 3 heteroatoms. The lowest BCUT2D eigenvalue weighted by atomic mass is 10.1. The molecule has 1 rings (SSSR count). The molecule has 1 amide bonds. The molecule has 2 atom stereocenters. The van der Waals surface area contributed by atoms with Crippen LogP contribution in [0.1, 0.15) is 26.2 Å². The minimum Gasteiger partial charge on any atom is -0.348 e. The van der Waals surface area contributed by atoms with E-state index < -0.39 is 0 Å². The van der Waals surface area contributed by atoms with E-state index in [-0.39, 0.29) is 5.91 Å².